The van der Waals surface area contributed by atoms with E-state index in [0.29, 0.717) is 6.42 Å². The van der Waals surface area contributed by atoms with Crippen molar-refractivity contribution in [2.24, 2.45) is 39.8 Å². The Bertz CT molecular complexity index is 1140. The molecule has 252 valence electrons. The molecule has 1 aromatic rings. The summed E-state index contributed by atoms with van der Waals surface area (Å²) in [5, 5.41) is 19.9. The second-order valence-electron chi connectivity index (χ2n) is 11.8. The quantitative estimate of drug-likeness (QED) is 0.0441. The average Bonchev–Trinajstić information content (AvgIpc) is 2.96. The summed E-state index contributed by atoms with van der Waals surface area (Å²) in [6.45, 7) is 7.10. The summed E-state index contributed by atoms with van der Waals surface area (Å²) in [5.74, 6) is -3.49. The number of nitrogens with zero attached hydrogens (tertiary/aromatic N) is 1. The van der Waals surface area contributed by atoms with Crippen LogP contribution in [0.3, 0.4) is 0 Å². The summed E-state index contributed by atoms with van der Waals surface area (Å²) in [5.41, 5.74) is 22.6. The van der Waals surface area contributed by atoms with E-state index in [9.17, 15) is 29.1 Å². The van der Waals surface area contributed by atoms with Gasteiger partial charge in [0.15, 0.2) is 5.96 Å². The Morgan fingerprint density at radius 1 is 0.733 bits per heavy atom. The first-order chi connectivity index (χ1) is 21.1. The minimum absolute atomic E-state index is 0.0192. The maximum atomic E-state index is 13.6. The zero-order valence-corrected chi connectivity index (χ0v) is 26.6. The topological polar surface area (TPSA) is 270 Å². The van der Waals surface area contributed by atoms with E-state index in [1.54, 1.807) is 24.3 Å². The highest BCUT2D eigenvalue weighted by molar-refractivity contribution is 5.95. The van der Waals surface area contributed by atoms with Crippen molar-refractivity contribution in [2.45, 2.75) is 90.0 Å². The summed E-state index contributed by atoms with van der Waals surface area (Å²) >= 11 is 0. The molecule has 0 bridgehead atoms. The van der Waals surface area contributed by atoms with Gasteiger partial charge < -0.3 is 49.3 Å². The van der Waals surface area contributed by atoms with Crippen molar-refractivity contribution in [3.8, 4) is 0 Å². The molecule has 15 heteroatoms. The zero-order valence-electron chi connectivity index (χ0n) is 26.6. The molecule has 1 aromatic carbocycles. The van der Waals surface area contributed by atoms with Crippen molar-refractivity contribution in [1.82, 2.24) is 21.3 Å². The number of carbonyl (C=O) groups is 5. The van der Waals surface area contributed by atoms with E-state index < -0.39 is 66.4 Å². The van der Waals surface area contributed by atoms with Gasteiger partial charge in [-0.2, -0.15) is 0 Å². The second-order valence-corrected chi connectivity index (χ2v) is 11.8. The van der Waals surface area contributed by atoms with Gasteiger partial charge in [0.25, 0.3) is 0 Å². The second kappa shape index (κ2) is 19.9. The van der Waals surface area contributed by atoms with E-state index in [1.807, 2.05) is 33.8 Å². The molecule has 0 spiro atoms. The summed E-state index contributed by atoms with van der Waals surface area (Å²) < 4.78 is 0. The standard InChI is InChI=1S/C30H51N9O6/c1-17(2)13-22(27(43)36-21(25(32)41)11-8-12-35-30(33)34)38-28(44)23(14-18(3)4)39-29(45)24(37-26(42)20(31)16-40)15-19-9-6-5-7-10-19/h5-7,9-10,17-18,20-24,40H,8,11-16,31H2,1-4H3,(H2,32,41)(H,36,43)(H,37,42)(H,38,44)(H,39,45)(H4,33,34,35)/t20-,21-,22-,23-,24-/m0/s1. The van der Waals surface area contributed by atoms with Crippen LogP contribution in [0.25, 0.3) is 0 Å². The molecule has 1 rings (SSSR count). The molecule has 13 N–H and O–H groups in total. The number of aliphatic hydroxyl groups is 1. The molecule has 0 radical (unpaired) electrons. The Kier molecular flexibility index (Phi) is 17.2. The lowest BCUT2D eigenvalue weighted by atomic mass is 9.98. The lowest BCUT2D eigenvalue weighted by Gasteiger charge is -2.28. The predicted octanol–water partition coefficient (Wildman–Crippen LogP) is -1.88. The molecule has 5 atom stereocenters. The van der Waals surface area contributed by atoms with E-state index in [0.717, 1.165) is 5.56 Å². The number of hydrogen-bond donors (Lipinski definition) is 9. The maximum absolute atomic E-state index is 13.6. The van der Waals surface area contributed by atoms with Crippen LogP contribution < -0.4 is 44.2 Å². The Labute approximate surface area is 264 Å². The highest BCUT2D eigenvalue weighted by Crippen LogP contribution is 2.11. The van der Waals surface area contributed by atoms with Crippen molar-refractivity contribution < 1.29 is 29.1 Å². The van der Waals surface area contributed by atoms with Gasteiger partial charge in [-0.05, 0) is 43.1 Å². The molecule has 0 fully saturated rings. The third kappa shape index (κ3) is 15.4. The van der Waals surface area contributed by atoms with Gasteiger partial charge in [0.1, 0.15) is 30.2 Å². The maximum Gasteiger partial charge on any atom is 0.243 e. The number of nitrogens with one attached hydrogen (secondary N) is 4. The van der Waals surface area contributed by atoms with Crippen LogP contribution in [-0.4, -0.2) is 84.0 Å². The molecular weight excluding hydrogens is 582 g/mol. The van der Waals surface area contributed by atoms with E-state index in [4.69, 9.17) is 22.9 Å². The Morgan fingerprint density at radius 2 is 1.20 bits per heavy atom. The third-order valence-electron chi connectivity index (χ3n) is 6.73. The van der Waals surface area contributed by atoms with Crippen LogP contribution in [0.1, 0.15) is 58.9 Å². The zero-order chi connectivity index (χ0) is 34.1. The molecule has 0 heterocycles. The Hall–Kier alpha value is -4.24. The molecule has 0 unspecified atom stereocenters. The van der Waals surface area contributed by atoms with E-state index in [2.05, 4.69) is 26.3 Å². The van der Waals surface area contributed by atoms with Crippen molar-refractivity contribution in [1.29, 1.82) is 0 Å². The van der Waals surface area contributed by atoms with Crippen LogP contribution in [0.15, 0.2) is 35.3 Å². The van der Waals surface area contributed by atoms with Crippen LogP contribution in [0.4, 0.5) is 0 Å². The lowest BCUT2D eigenvalue weighted by Crippen LogP contribution is -2.59. The van der Waals surface area contributed by atoms with Gasteiger partial charge in [-0.25, -0.2) is 0 Å². The highest BCUT2D eigenvalue weighted by atomic mass is 16.3. The van der Waals surface area contributed by atoms with Crippen LogP contribution >= 0.6 is 0 Å². The normalized spacial score (nSPS) is 14.4. The van der Waals surface area contributed by atoms with Crippen molar-refractivity contribution in [3.05, 3.63) is 35.9 Å². The van der Waals surface area contributed by atoms with Crippen LogP contribution in [0.5, 0.6) is 0 Å². The molecule has 0 saturated heterocycles. The number of carbonyl (C=O) groups excluding carboxylic acids is 5. The summed E-state index contributed by atoms with van der Waals surface area (Å²) in [7, 11) is 0. The van der Waals surface area contributed by atoms with Gasteiger partial charge in [-0.3, -0.25) is 29.0 Å². The fourth-order valence-electron chi connectivity index (χ4n) is 4.43. The first kappa shape index (κ1) is 38.8. The van der Waals surface area contributed by atoms with Crippen LogP contribution in [0, 0.1) is 11.8 Å². The lowest BCUT2D eigenvalue weighted by molar-refractivity contribution is -0.135. The number of benzene rings is 1. The number of rotatable bonds is 20. The van der Waals surface area contributed by atoms with E-state index in [-0.39, 0.29) is 50.0 Å². The van der Waals surface area contributed by atoms with Crippen molar-refractivity contribution in [2.75, 3.05) is 13.2 Å². The molecule has 0 aliphatic heterocycles. The molecule has 0 aliphatic carbocycles. The van der Waals surface area contributed by atoms with Crippen molar-refractivity contribution >= 4 is 35.5 Å². The number of aliphatic imine (C=N–C) groups is 1. The first-order valence-corrected chi connectivity index (χ1v) is 15.1. The van der Waals surface area contributed by atoms with Gasteiger partial charge >= 0.3 is 0 Å². The summed E-state index contributed by atoms with van der Waals surface area (Å²) in [6.07, 6.45) is 1.12. The molecule has 0 saturated carbocycles. The molecule has 0 aliphatic rings. The Balaban J connectivity index is 3.15. The fourth-order valence-corrected chi connectivity index (χ4v) is 4.43. The fraction of sp³-hybridized carbons (Fsp3) is 0.600. The molecule has 45 heavy (non-hydrogen) atoms. The molecule has 0 aromatic heterocycles. The smallest absolute Gasteiger partial charge is 0.243 e. The van der Waals surface area contributed by atoms with Gasteiger partial charge in [-0.1, -0.05) is 58.0 Å². The molecule has 5 amide bonds. The minimum Gasteiger partial charge on any atom is -0.394 e. The first-order valence-electron chi connectivity index (χ1n) is 15.1. The monoisotopic (exact) mass is 633 g/mol. The van der Waals surface area contributed by atoms with E-state index >= 15 is 0 Å². The van der Waals surface area contributed by atoms with Crippen LogP contribution in [0.2, 0.25) is 0 Å². The number of aliphatic hydroxyl groups excluding tert-OH is 1. The van der Waals surface area contributed by atoms with Crippen molar-refractivity contribution in [3.63, 3.8) is 0 Å². The predicted molar refractivity (Wildman–Crippen MR) is 171 cm³/mol. The third-order valence-corrected chi connectivity index (χ3v) is 6.73. The van der Waals surface area contributed by atoms with E-state index in [1.165, 1.54) is 0 Å². The average molecular weight is 634 g/mol. The van der Waals surface area contributed by atoms with Gasteiger partial charge in [0.05, 0.1) is 6.61 Å². The van der Waals surface area contributed by atoms with Gasteiger partial charge in [-0.15, -0.1) is 0 Å². The van der Waals surface area contributed by atoms with Gasteiger partial charge in [0, 0.05) is 13.0 Å². The number of hydrogen-bond acceptors (Lipinski definition) is 8. The minimum atomic E-state index is -1.24. The SMILES string of the molecule is CC(C)C[C@H](NC(=O)[C@H](CC(C)C)NC(=O)[C@H](Cc1ccccc1)NC(=O)[C@@H](N)CO)C(=O)N[C@@H](CCCN=C(N)N)C(N)=O. The number of amides is 5. The molecule has 15 nitrogen and oxygen atoms in total. The highest BCUT2D eigenvalue weighted by Gasteiger charge is 2.32. The largest absolute Gasteiger partial charge is 0.394 e. The molecular formula is C30H51N9O6. The van der Waals surface area contributed by atoms with Gasteiger partial charge in [0.2, 0.25) is 29.5 Å². The Morgan fingerprint density at radius 3 is 1.64 bits per heavy atom. The summed E-state index contributed by atoms with van der Waals surface area (Å²) in [6, 6.07) is 3.49. The number of nitrogens with two attached hydrogens (primary N) is 4. The number of primary amides is 1. The summed E-state index contributed by atoms with van der Waals surface area (Å²) in [4.78, 5) is 68.8. The number of guanidine groups is 1. The van der Waals surface area contributed by atoms with Crippen LogP contribution in [-0.2, 0) is 30.4 Å².